The molecule has 0 aliphatic heterocycles. The van der Waals surface area contributed by atoms with Crippen molar-refractivity contribution in [2.75, 3.05) is 5.32 Å². The quantitative estimate of drug-likeness (QED) is 0.104. The first-order valence-electron chi connectivity index (χ1n) is 13.9. The number of amidine groups is 1. The van der Waals surface area contributed by atoms with Gasteiger partial charge in [-0.2, -0.15) is 0 Å². The number of nitrogens with one attached hydrogen (secondary N) is 3. The van der Waals surface area contributed by atoms with Crippen LogP contribution in [0.5, 0.6) is 0 Å². The van der Waals surface area contributed by atoms with E-state index in [1.807, 2.05) is 58.0 Å². The van der Waals surface area contributed by atoms with Gasteiger partial charge in [-0.1, -0.05) is 75.4 Å². The summed E-state index contributed by atoms with van der Waals surface area (Å²) in [6.45, 7) is 8.09. The van der Waals surface area contributed by atoms with E-state index < -0.39 is 11.9 Å². The minimum atomic E-state index is -0.618. The monoisotopic (exact) mass is 576 g/mol. The molecule has 4 rings (SSSR count). The predicted octanol–water partition coefficient (Wildman–Crippen LogP) is 6.41. The second kappa shape index (κ2) is 13.2. The van der Waals surface area contributed by atoms with Crippen LogP contribution < -0.4 is 16.4 Å². The van der Waals surface area contributed by atoms with Crippen molar-refractivity contribution in [3.8, 4) is 11.1 Å². The summed E-state index contributed by atoms with van der Waals surface area (Å²) in [6, 6.07) is 27.6. The Balaban J connectivity index is 1.70. The number of hydrogen-bond donors (Lipinski definition) is 4. The van der Waals surface area contributed by atoms with Crippen molar-refractivity contribution in [2.24, 2.45) is 11.1 Å². The molecule has 0 aliphatic carbocycles. The van der Waals surface area contributed by atoms with Crippen LogP contribution in [0.15, 0.2) is 97.1 Å². The van der Waals surface area contributed by atoms with Gasteiger partial charge in [0.05, 0.1) is 5.56 Å². The summed E-state index contributed by atoms with van der Waals surface area (Å²) >= 11 is 0. The van der Waals surface area contributed by atoms with Gasteiger partial charge in [-0.15, -0.1) is 0 Å². The molecule has 0 heterocycles. The zero-order valence-electron chi connectivity index (χ0n) is 24.7. The highest BCUT2D eigenvalue weighted by atomic mass is 16.5. The Morgan fingerprint density at radius 1 is 0.791 bits per heavy atom. The largest absolute Gasteiger partial charge is 0.457 e. The van der Waals surface area contributed by atoms with E-state index in [9.17, 15) is 14.4 Å². The molecule has 4 aromatic carbocycles. The molecule has 8 nitrogen and oxygen atoms in total. The summed E-state index contributed by atoms with van der Waals surface area (Å²) in [7, 11) is 0. The number of benzene rings is 4. The smallest absolute Gasteiger partial charge is 0.339 e. The number of nitrogen functional groups attached to an aromatic ring is 1. The van der Waals surface area contributed by atoms with Gasteiger partial charge in [0.2, 0.25) is 0 Å². The minimum absolute atomic E-state index is 0.0506. The van der Waals surface area contributed by atoms with E-state index >= 15 is 0 Å². The Hall–Kier alpha value is -5.24. The number of anilines is 1. The molecule has 220 valence electrons. The molecule has 1 atom stereocenters. The van der Waals surface area contributed by atoms with E-state index in [0.717, 1.165) is 5.56 Å². The lowest BCUT2D eigenvalue weighted by atomic mass is 9.87. The average Bonchev–Trinajstić information content (AvgIpc) is 2.99. The third-order valence-corrected chi connectivity index (χ3v) is 7.28. The summed E-state index contributed by atoms with van der Waals surface area (Å²) in [5.41, 5.74) is 9.01. The SMILES string of the molecule is CC(NC(=O)c1ccc(-c2ccccc2C(=O)Nc2ccc(C(=N)N)cc2)c(C(=O)OCc2ccccc2)c1)C(C)(C)C. The standard InChI is InChI=1S/C35H36N4O4/c1-22(35(2,3)4)38-32(40)25-16-19-28(30(20-25)34(42)43-21-23-10-6-5-7-11-23)27-12-8-9-13-29(27)33(41)39-26-17-14-24(15-18-26)31(36)37/h5-20,22H,21H2,1-4H3,(H3,36,37)(H,38,40)(H,39,41). The number of carbonyl (C=O) groups excluding carboxylic acids is 3. The molecule has 0 fully saturated rings. The highest BCUT2D eigenvalue weighted by Gasteiger charge is 2.25. The molecule has 2 amide bonds. The molecule has 0 aliphatic rings. The number of amides is 2. The van der Waals surface area contributed by atoms with Gasteiger partial charge in [0, 0.05) is 28.4 Å². The fraction of sp³-hybridized carbons (Fsp3) is 0.200. The number of esters is 1. The normalized spacial score (nSPS) is 11.7. The molecule has 4 aromatic rings. The predicted molar refractivity (Wildman–Crippen MR) is 169 cm³/mol. The van der Waals surface area contributed by atoms with Gasteiger partial charge in [-0.25, -0.2) is 4.79 Å². The summed E-state index contributed by atoms with van der Waals surface area (Å²) < 4.78 is 5.67. The maximum absolute atomic E-state index is 13.5. The van der Waals surface area contributed by atoms with Crippen molar-refractivity contribution in [2.45, 2.75) is 40.3 Å². The molecular formula is C35H36N4O4. The summed E-state index contributed by atoms with van der Waals surface area (Å²) in [4.78, 5) is 40.2. The molecule has 0 saturated carbocycles. The van der Waals surface area contributed by atoms with Crippen molar-refractivity contribution < 1.29 is 19.1 Å². The van der Waals surface area contributed by atoms with Gasteiger partial charge >= 0.3 is 5.97 Å². The van der Waals surface area contributed by atoms with E-state index in [-0.39, 0.29) is 35.4 Å². The Morgan fingerprint density at radius 3 is 2.05 bits per heavy atom. The van der Waals surface area contributed by atoms with Gasteiger partial charge in [0.15, 0.2) is 0 Å². The highest BCUT2D eigenvalue weighted by Crippen LogP contribution is 2.30. The van der Waals surface area contributed by atoms with Crippen molar-refractivity contribution >= 4 is 29.3 Å². The second-order valence-electron chi connectivity index (χ2n) is 11.4. The van der Waals surface area contributed by atoms with Gasteiger partial charge in [-0.05, 0) is 71.5 Å². The maximum atomic E-state index is 13.5. The lowest BCUT2D eigenvalue weighted by Crippen LogP contribution is -2.41. The maximum Gasteiger partial charge on any atom is 0.339 e. The first-order valence-corrected chi connectivity index (χ1v) is 13.9. The first kappa shape index (κ1) is 30.7. The van der Waals surface area contributed by atoms with Crippen LogP contribution in [0, 0.1) is 10.8 Å². The average molecular weight is 577 g/mol. The van der Waals surface area contributed by atoms with Crippen molar-refractivity contribution in [3.63, 3.8) is 0 Å². The number of rotatable bonds is 9. The number of carbonyl (C=O) groups is 3. The summed E-state index contributed by atoms with van der Waals surface area (Å²) in [5.74, 6) is -1.39. The number of nitrogens with two attached hydrogens (primary N) is 1. The number of hydrogen-bond acceptors (Lipinski definition) is 5. The molecule has 0 saturated heterocycles. The van der Waals surface area contributed by atoms with Crippen LogP contribution in [-0.4, -0.2) is 29.7 Å². The van der Waals surface area contributed by atoms with Gasteiger partial charge in [-0.3, -0.25) is 15.0 Å². The molecule has 8 heteroatoms. The zero-order chi connectivity index (χ0) is 31.1. The zero-order valence-corrected chi connectivity index (χ0v) is 24.7. The van der Waals surface area contributed by atoms with Crippen LogP contribution in [-0.2, 0) is 11.3 Å². The lowest BCUT2D eigenvalue weighted by molar-refractivity contribution is 0.0473. The van der Waals surface area contributed by atoms with Crippen LogP contribution in [0.25, 0.3) is 11.1 Å². The van der Waals surface area contributed by atoms with Crippen molar-refractivity contribution in [1.29, 1.82) is 5.41 Å². The molecule has 0 aromatic heterocycles. The topological polar surface area (TPSA) is 134 Å². The van der Waals surface area contributed by atoms with E-state index in [1.54, 1.807) is 60.7 Å². The minimum Gasteiger partial charge on any atom is -0.457 e. The number of ether oxygens (including phenoxy) is 1. The van der Waals surface area contributed by atoms with Crippen LogP contribution in [0.1, 0.15) is 69.9 Å². The highest BCUT2D eigenvalue weighted by molar-refractivity contribution is 6.11. The molecule has 1 unspecified atom stereocenters. The third kappa shape index (κ3) is 7.74. The molecule has 43 heavy (non-hydrogen) atoms. The molecule has 0 bridgehead atoms. The Labute approximate surface area is 251 Å². The fourth-order valence-corrected chi connectivity index (χ4v) is 4.23. The summed E-state index contributed by atoms with van der Waals surface area (Å²) in [5, 5.41) is 13.4. The van der Waals surface area contributed by atoms with E-state index in [4.69, 9.17) is 15.9 Å². The van der Waals surface area contributed by atoms with Crippen LogP contribution in [0.2, 0.25) is 0 Å². The Bertz CT molecular complexity index is 1640. The molecular weight excluding hydrogens is 540 g/mol. The molecule has 0 spiro atoms. The fourth-order valence-electron chi connectivity index (χ4n) is 4.23. The van der Waals surface area contributed by atoms with Crippen molar-refractivity contribution in [1.82, 2.24) is 5.32 Å². The van der Waals surface area contributed by atoms with Gasteiger partial charge in [0.1, 0.15) is 12.4 Å². The molecule has 5 N–H and O–H groups in total. The van der Waals surface area contributed by atoms with Crippen LogP contribution in [0.3, 0.4) is 0 Å². The summed E-state index contributed by atoms with van der Waals surface area (Å²) in [6.07, 6.45) is 0. The Kier molecular flexibility index (Phi) is 9.40. The van der Waals surface area contributed by atoms with Crippen LogP contribution >= 0.6 is 0 Å². The second-order valence-corrected chi connectivity index (χ2v) is 11.4. The van der Waals surface area contributed by atoms with Crippen molar-refractivity contribution in [3.05, 3.63) is 125 Å². The van der Waals surface area contributed by atoms with Gasteiger partial charge < -0.3 is 21.1 Å². The van der Waals surface area contributed by atoms with E-state index in [1.165, 1.54) is 6.07 Å². The van der Waals surface area contributed by atoms with E-state index in [0.29, 0.717) is 33.5 Å². The molecule has 0 radical (unpaired) electrons. The van der Waals surface area contributed by atoms with Crippen LogP contribution in [0.4, 0.5) is 5.69 Å². The lowest BCUT2D eigenvalue weighted by Gasteiger charge is -2.28. The van der Waals surface area contributed by atoms with E-state index in [2.05, 4.69) is 10.6 Å². The Morgan fingerprint density at radius 2 is 1.40 bits per heavy atom. The third-order valence-electron chi connectivity index (χ3n) is 7.28. The van der Waals surface area contributed by atoms with Gasteiger partial charge in [0.25, 0.3) is 11.8 Å². The first-order chi connectivity index (χ1) is 20.4.